The van der Waals surface area contributed by atoms with Crippen LogP contribution in [0.15, 0.2) is 23.1 Å². The van der Waals surface area contributed by atoms with Crippen LogP contribution in [0.2, 0.25) is 0 Å². The first-order valence-electron chi connectivity index (χ1n) is 4.25. The Bertz CT molecular complexity index is 425. The summed E-state index contributed by atoms with van der Waals surface area (Å²) in [6.45, 7) is 2.55. The molecule has 0 unspecified atom stereocenters. The normalized spacial score (nSPS) is 10.8. The highest BCUT2D eigenvalue weighted by Crippen LogP contribution is 2.34. The van der Waals surface area contributed by atoms with Crippen molar-refractivity contribution in [3.8, 4) is 5.06 Å². The van der Waals surface area contributed by atoms with Gasteiger partial charge in [0, 0.05) is 9.60 Å². The maximum absolute atomic E-state index is 13.1. The molecular formula is C10H9FOS2. The number of hydrogen-bond donors (Lipinski definition) is 1. The average molecular weight is 228 g/mol. The van der Waals surface area contributed by atoms with E-state index in [2.05, 4.69) is 12.6 Å². The molecular weight excluding hydrogens is 219 g/mol. The number of fused-ring (bicyclic) bond motifs is 1. The van der Waals surface area contributed by atoms with Gasteiger partial charge in [-0.15, -0.1) is 12.6 Å². The summed E-state index contributed by atoms with van der Waals surface area (Å²) < 4.78 is 19.5. The van der Waals surface area contributed by atoms with Gasteiger partial charge in [0.25, 0.3) is 0 Å². The third-order valence-electron chi connectivity index (χ3n) is 1.85. The van der Waals surface area contributed by atoms with E-state index in [4.69, 9.17) is 4.74 Å². The highest BCUT2D eigenvalue weighted by molar-refractivity contribution is 7.80. The van der Waals surface area contributed by atoms with Crippen LogP contribution in [-0.2, 0) is 0 Å². The highest BCUT2D eigenvalue weighted by atomic mass is 32.1. The Labute approximate surface area is 90.9 Å². The third-order valence-corrected chi connectivity index (χ3v) is 3.20. The lowest BCUT2D eigenvalue weighted by atomic mass is 10.2. The largest absolute Gasteiger partial charge is 0.484 e. The summed E-state index contributed by atoms with van der Waals surface area (Å²) >= 11 is 5.53. The van der Waals surface area contributed by atoms with Gasteiger partial charge < -0.3 is 4.74 Å². The highest BCUT2D eigenvalue weighted by Gasteiger charge is 2.06. The van der Waals surface area contributed by atoms with Crippen molar-refractivity contribution in [1.82, 2.24) is 0 Å². The first-order valence-corrected chi connectivity index (χ1v) is 5.52. The molecule has 1 heterocycles. The van der Waals surface area contributed by atoms with E-state index in [1.54, 1.807) is 6.07 Å². The standard InChI is InChI=1S/C10H9FOS2/c1-2-12-10-4-6-3-7(11)8(13)5-9(6)14-10/h3-5,13H,2H2,1H3. The Morgan fingerprint density at radius 1 is 1.43 bits per heavy atom. The van der Waals surface area contributed by atoms with E-state index in [0.29, 0.717) is 11.5 Å². The maximum atomic E-state index is 13.1. The van der Waals surface area contributed by atoms with Crippen molar-refractivity contribution in [1.29, 1.82) is 0 Å². The van der Waals surface area contributed by atoms with Gasteiger partial charge >= 0.3 is 0 Å². The van der Waals surface area contributed by atoms with Crippen molar-refractivity contribution in [2.45, 2.75) is 11.8 Å². The van der Waals surface area contributed by atoms with Crippen molar-refractivity contribution >= 4 is 34.1 Å². The molecule has 0 N–H and O–H groups in total. The minimum atomic E-state index is -0.290. The minimum absolute atomic E-state index is 0.290. The fraction of sp³-hybridized carbons (Fsp3) is 0.200. The monoisotopic (exact) mass is 228 g/mol. The molecule has 2 rings (SSSR count). The molecule has 74 valence electrons. The van der Waals surface area contributed by atoms with Gasteiger partial charge in [-0.3, -0.25) is 0 Å². The fourth-order valence-electron chi connectivity index (χ4n) is 1.24. The first-order chi connectivity index (χ1) is 6.70. The topological polar surface area (TPSA) is 9.23 Å². The van der Waals surface area contributed by atoms with Gasteiger partial charge in [0.05, 0.1) is 6.61 Å². The van der Waals surface area contributed by atoms with Gasteiger partial charge in [0.15, 0.2) is 5.06 Å². The second-order valence-electron chi connectivity index (χ2n) is 2.84. The van der Waals surface area contributed by atoms with Crippen LogP contribution < -0.4 is 4.74 Å². The number of hydrogen-bond acceptors (Lipinski definition) is 3. The fourth-order valence-corrected chi connectivity index (χ4v) is 2.51. The molecule has 0 spiro atoms. The summed E-state index contributed by atoms with van der Waals surface area (Å²) in [5, 5.41) is 1.69. The predicted octanol–water partition coefficient (Wildman–Crippen LogP) is 3.73. The molecule has 1 nitrogen and oxygen atoms in total. The van der Waals surface area contributed by atoms with Crippen LogP contribution in [0.5, 0.6) is 5.06 Å². The van der Waals surface area contributed by atoms with Crippen LogP contribution in [0, 0.1) is 5.82 Å². The zero-order valence-corrected chi connectivity index (χ0v) is 9.29. The molecule has 0 atom stereocenters. The summed E-state index contributed by atoms with van der Waals surface area (Å²) in [6.07, 6.45) is 0. The molecule has 0 aliphatic rings. The molecule has 1 aromatic carbocycles. The Morgan fingerprint density at radius 2 is 2.21 bits per heavy atom. The van der Waals surface area contributed by atoms with Crippen molar-refractivity contribution < 1.29 is 9.13 Å². The first kappa shape index (κ1) is 9.80. The summed E-state index contributed by atoms with van der Waals surface area (Å²) in [5.41, 5.74) is 0. The number of halogens is 1. The molecule has 0 bridgehead atoms. The van der Waals surface area contributed by atoms with Crippen LogP contribution in [-0.4, -0.2) is 6.61 Å². The summed E-state index contributed by atoms with van der Waals surface area (Å²) in [7, 11) is 0. The van der Waals surface area contributed by atoms with Crippen molar-refractivity contribution in [3.05, 3.63) is 24.0 Å². The van der Waals surface area contributed by atoms with Gasteiger partial charge in [0.1, 0.15) is 5.82 Å². The van der Waals surface area contributed by atoms with Crippen LogP contribution in [0.3, 0.4) is 0 Å². The molecule has 2 aromatic rings. The molecule has 0 saturated carbocycles. The molecule has 0 fully saturated rings. The van der Waals surface area contributed by atoms with Gasteiger partial charge in [0.2, 0.25) is 0 Å². The van der Waals surface area contributed by atoms with E-state index in [-0.39, 0.29) is 5.82 Å². The Kier molecular flexibility index (Phi) is 2.65. The zero-order chi connectivity index (χ0) is 10.1. The Morgan fingerprint density at radius 3 is 2.93 bits per heavy atom. The van der Waals surface area contributed by atoms with E-state index < -0.39 is 0 Å². The third kappa shape index (κ3) is 1.72. The SMILES string of the molecule is CCOc1cc2cc(F)c(S)cc2s1. The summed E-state index contributed by atoms with van der Waals surface area (Å²) in [5.74, 6) is -0.290. The quantitative estimate of drug-likeness (QED) is 0.771. The predicted molar refractivity (Wildman–Crippen MR) is 60.2 cm³/mol. The minimum Gasteiger partial charge on any atom is -0.484 e. The van der Waals surface area contributed by atoms with Crippen LogP contribution in [0.4, 0.5) is 4.39 Å². The van der Waals surface area contributed by atoms with Gasteiger partial charge in [-0.25, -0.2) is 4.39 Å². The Hall–Kier alpha value is -0.740. The maximum Gasteiger partial charge on any atom is 0.174 e. The molecule has 0 saturated heterocycles. The number of thiophene rings is 1. The van der Waals surface area contributed by atoms with Gasteiger partial charge in [-0.05, 0) is 30.5 Å². The van der Waals surface area contributed by atoms with E-state index in [0.717, 1.165) is 15.1 Å². The lowest BCUT2D eigenvalue weighted by molar-refractivity contribution is 0.350. The van der Waals surface area contributed by atoms with Crippen LogP contribution >= 0.6 is 24.0 Å². The molecule has 0 radical (unpaired) electrons. The van der Waals surface area contributed by atoms with Crippen molar-refractivity contribution in [2.24, 2.45) is 0 Å². The number of rotatable bonds is 2. The van der Waals surface area contributed by atoms with Gasteiger partial charge in [-0.2, -0.15) is 0 Å². The molecule has 0 amide bonds. The lowest BCUT2D eigenvalue weighted by Crippen LogP contribution is -1.86. The zero-order valence-electron chi connectivity index (χ0n) is 7.58. The molecule has 4 heteroatoms. The summed E-state index contributed by atoms with van der Waals surface area (Å²) in [4.78, 5) is 0.377. The van der Waals surface area contributed by atoms with E-state index in [9.17, 15) is 4.39 Å². The number of benzene rings is 1. The van der Waals surface area contributed by atoms with E-state index in [1.165, 1.54) is 17.4 Å². The van der Waals surface area contributed by atoms with Crippen molar-refractivity contribution in [3.63, 3.8) is 0 Å². The van der Waals surface area contributed by atoms with Gasteiger partial charge in [-0.1, -0.05) is 11.3 Å². The molecule has 0 aliphatic heterocycles. The van der Waals surface area contributed by atoms with Crippen LogP contribution in [0.1, 0.15) is 6.92 Å². The van der Waals surface area contributed by atoms with Crippen molar-refractivity contribution in [2.75, 3.05) is 6.61 Å². The summed E-state index contributed by atoms with van der Waals surface area (Å²) in [6, 6.07) is 5.05. The number of ether oxygens (including phenoxy) is 1. The molecule has 14 heavy (non-hydrogen) atoms. The van der Waals surface area contributed by atoms with E-state index >= 15 is 0 Å². The second-order valence-corrected chi connectivity index (χ2v) is 4.37. The average Bonchev–Trinajstić information content (AvgIpc) is 2.48. The molecule has 1 aromatic heterocycles. The lowest BCUT2D eigenvalue weighted by Gasteiger charge is -1.94. The Balaban J connectivity index is 2.54. The van der Waals surface area contributed by atoms with Crippen LogP contribution in [0.25, 0.3) is 10.1 Å². The second kappa shape index (κ2) is 3.79. The van der Waals surface area contributed by atoms with E-state index in [1.807, 2.05) is 13.0 Å². The molecule has 0 aliphatic carbocycles. The number of thiol groups is 1. The smallest absolute Gasteiger partial charge is 0.174 e.